The molecule has 0 bridgehead atoms. The van der Waals surface area contributed by atoms with Gasteiger partial charge in [0, 0.05) is 32.8 Å². The van der Waals surface area contributed by atoms with E-state index in [1.807, 2.05) is 55.4 Å². The molecule has 17 heteroatoms. The van der Waals surface area contributed by atoms with Crippen LogP contribution in [0.15, 0.2) is 99.5 Å². The topological polar surface area (TPSA) is 119 Å². The first-order chi connectivity index (χ1) is 30.4. The van der Waals surface area contributed by atoms with Crippen LogP contribution < -0.4 is 9.03 Å². The summed E-state index contributed by atoms with van der Waals surface area (Å²) < 4.78 is 119. The first kappa shape index (κ1) is 46.7. The predicted molar refractivity (Wildman–Crippen MR) is 246 cm³/mol. The number of nitrogens with one attached hydrogen (secondary N) is 1. The number of sulfonamides is 2. The minimum Gasteiger partial charge on any atom is -0.259 e. The summed E-state index contributed by atoms with van der Waals surface area (Å²) in [5.41, 5.74) is 4.45. The number of nitrogens with zero attached hydrogens (tertiary/aromatic N) is 5. The number of anilines is 1. The fourth-order valence-corrected chi connectivity index (χ4v) is 11.9. The largest absolute Gasteiger partial charge is 0.264 e. The van der Waals surface area contributed by atoms with Crippen molar-refractivity contribution in [2.24, 2.45) is 11.8 Å². The number of hydrogen-bond donors (Lipinski definition) is 1. The fourth-order valence-electron chi connectivity index (χ4n) is 8.37. The molecule has 9 rings (SSSR count). The highest BCUT2D eigenvalue weighted by Gasteiger charge is 2.49. The van der Waals surface area contributed by atoms with E-state index in [4.69, 9.17) is 0 Å². The van der Waals surface area contributed by atoms with E-state index in [1.54, 1.807) is 70.3 Å². The van der Waals surface area contributed by atoms with Gasteiger partial charge in [-0.2, -0.15) is 10.2 Å². The zero-order valence-corrected chi connectivity index (χ0v) is 40.5. The smallest absolute Gasteiger partial charge is 0.259 e. The van der Waals surface area contributed by atoms with E-state index < -0.39 is 66.5 Å². The van der Waals surface area contributed by atoms with E-state index >= 15 is 0 Å². The highest BCUT2D eigenvalue weighted by molar-refractivity contribution is 9.10. The molecule has 2 saturated carbocycles. The van der Waals surface area contributed by atoms with Crippen LogP contribution in [0.1, 0.15) is 102 Å². The summed E-state index contributed by atoms with van der Waals surface area (Å²) in [5.74, 6) is -3.86. The van der Waals surface area contributed by atoms with E-state index in [-0.39, 0.29) is 27.3 Å². The molecule has 0 spiro atoms. The summed E-state index contributed by atoms with van der Waals surface area (Å²) in [6.07, 6.45) is 6.77. The van der Waals surface area contributed by atoms with Gasteiger partial charge in [0.1, 0.15) is 0 Å². The average molecular weight is 996 g/mol. The molecule has 65 heavy (non-hydrogen) atoms. The van der Waals surface area contributed by atoms with Gasteiger partial charge in [0.25, 0.3) is 10.0 Å². The second-order valence-electron chi connectivity index (χ2n) is 19.2. The second kappa shape index (κ2) is 16.8. The van der Waals surface area contributed by atoms with Crippen molar-refractivity contribution in [3.05, 3.63) is 135 Å². The Morgan fingerprint density at radius 2 is 1.15 bits per heavy atom. The molecule has 1 aliphatic heterocycles. The van der Waals surface area contributed by atoms with Crippen molar-refractivity contribution in [3.8, 4) is 22.5 Å². The van der Waals surface area contributed by atoms with Crippen LogP contribution in [0.3, 0.4) is 0 Å². The second-order valence-corrected chi connectivity index (χ2v) is 23.6. The third kappa shape index (κ3) is 9.05. The van der Waals surface area contributed by atoms with Crippen molar-refractivity contribution in [2.45, 2.75) is 114 Å². The van der Waals surface area contributed by atoms with Crippen molar-refractivity contribution >= 4 is 41.7 Å². The van der Waals surface area contributed by atoms with Gasteiger partial charge in [0.15, 0.2) is 23.3 Å². The maximum atomic E-state index is 14.5. The molecular weight excluding hydrogens is 945 g/mol. The lowest BCUT2D eigenvalue weighted by atomic mass is 9.92. The van der Waals surface area contributed by atoms with Crippen molar-refractivity contribution < 1.29 is 34.4 Å². The third-order valence-electron chi connectivity index (χ3n) is 11.9. The van der Waals surface area contributed by atoms with Gasteiger partial charge in [-0.05, 0) is 151 Å². The van der Waals surface area contributed by atoms with E-state index in [9.17, 15) is 34.4 Å². The highest BCUT2D eigenvalue weighted by atomic mass is 79.9. The molecular formula is C48H51BrF4N6O4S2. The Kier molecular flexibility index (Phi) is 12.1. The van der Waals surface area contributed by atoms with Gasteiger partial charge in [-0.1, -0.05) is 35.4 Å². The van der Waals surface area contributed by atoms with E-state index in [0.29, 0.717) is 32.6 Å². The van der Waals surface area contributed by atoms with Gasteiger partial charge in [-0.15, -0.1) is 0 Å². The number of fused-ring (bicyclic) bond motifs is 3. The molecule has 6 aromatic rings. The minimum atomic E-state index is -4.04. The summed E-state index contributed by atoms with van der Waals surface area (Å²) >= 11 is 3.36. The zero-order valence-electron chi connectivity index (χ0n) is 37.3. The predicted octanol–water partition coefficient (Wildman–Crippen LogP) is 11.6. The van der Waals surface area contributed by atoms with Crippen LogP contribution in [-0.2, 0) is 31.1 Å². The van der Waals surface area contributed by atoms with Crippen molar-refractivity contribution in [2.75, 3.05) is 4.31 Å². The van der Waals surface area contributed by atoms with E-state index in [0.717, 1.165) is 66.6 Å². The highest BCUT2D eigenvalue weighted by Crippen LogP contribution is 2.56. The van der Waals surface area contributed by atoms with Crippen LogP contribution in [-0.4, -0.2) is 36.4 Å². The molecule has 0 saturated heterocycles. The van der Waals surface area contributed by atoms with Crippen LogP contribution in [0.5, 0.6) is 0 Å². The zero-order chi connectivity index (χ0) is 47.1. The Morgan fingerprint density at radius 1 is 0.662 bits per heavy atom. The Hall–Kier alpha value is -4.84. The minimum absolute atomic E-state index is 0.0886. The average Bonchev–Trinajstić information content (AvgIpc) is 4.15. The number of aromatic nitrogens is 4. The van der Waals surface area contributed by atoms with Crippen LogP contribution in [0.25, 0.3) is 22.5 Å². The number of halogens is 5. The van der Waals surface area contributed by atoms with Gasteiger partial charge in [-0.25, -0.2) is 39.1 Å². The maximum absolute atomic E-state index is 14.5. The summed E-state index contributed by atoms with van der Waals surface area (Å²) in [5, 5.41) is 9.11. The van der Waals surface area contributed by atoms with Crippen molar-refractivity contribution in [1.29, 1.82) is 0 Å². The van der Waals surface area contributed by atoms with Crippen LogP contribution >= 0.6 is 15.9 Å². The third-order valence-corrected chi connectivity index (χ3v) is 15.8. The SMILES string of the molecule is Cc1ccc(S(=O)(=O)N2c3cc(F)c(F)cc3-c3c(cnn3C(C)(C)C)[C@H]2C2CC2)cc1.Cc1ccc(S(=O)(=O)N[C@@H](c2cnn(C(C)(C)C)c2-c2cc(F)c(F)cc2Br)C2CC2)cc1. The van der Waals surface area contributed by atoms with Gasteiger partial charge >= 0.3 is 0 Å². The summed E-state index contributed by atoms with van der Waals surface area (Å²) in [6, 6.07) is 16.5. The molecule has 0 unspecified atom stereocenters. The summed E-state index contributed by atoms with van der Waals surface area (Å²) in [7, 11) is -7.85. The lowest BCUT2D eigenvalue weighted by Gasteiger charge is -2.39. The molecule has 0 radical (unpaired) electrons. The number of rotatable bonds is 9. The molecule has 4 aromatic carbocycles. The van der Waals surface area contributed by atoms with Crippen LogP contribution in [0.2, 0.25) is 0 Å². The first-order valence-corrected chi connectivity index (χ1v) is 25.1. The first-order valence-electron chi connectivity index (χ1n) is 21.4. The molecule has 2 atom stereocenters. The number of aryl methyl sites for hydroxylation is 2. The molecule has 2 fully saturated rings. The maximum Gasteiger partial charge on any atom is 0.264 e. The quantitative estimate of drug-likeness (QED) is 0.114. The van der Waals surface area contributed by atoms with E-state index in [1.165, 1.54) is 4.31 Å². The molecule has 1 N–H and O–H groups in total. The number of benzene rings is 4. The molecule has 2 aromatic heterocycles. The molecule has 2 aliphatic carbocycles. The standard InChI is InChI=1S/C24H26BrF2N3O2S.C24H25F2N3O2S/c1-14-5-9-16(10-6-14)33(31,32)29-22(15-7-8-15)18-13-28-30(24(2,3)4)23(18)17-11-20(26)21(27)12-19(17)25;1-14-5-9-16(10-6-14)32(30,31)28-21-12-20(26)19(25)11-17(21)23-18(22(28)15-7-8-15)13-27-29(23)24(2,3)4/h5-6,9-13,15,22,29H,7-8H2,1-4H3;5-6,9-13,15,22H,7-8H2,1-4H3/t2*22-/m11/s1. The Labute approximate surface area is 386 Å². The van der Waals surface area contributed by atoms with Gasteiger partial charge in [-0.3, -0.25) is 13.7 Å². The summed E-state index contributed by atoms with van der Waals surface area (Å²) in [4.78, 5) is 0.300. The fraction of sp³-hybridized carbons (Fsp3) is 0.375. The Balaban J connectivity index is 0.000000177. The van der Waals surface area contributed by atoms with Crippen molar-refractivity contribution in [3.63, 3.8) is 0 Å². The lowest BCUT2D eigenvalue weighted by molar-refractivity contribution is 0.359. The Morgan fingerprint density at radius 3 is 1.69 bits per heavy atom. The summed E-state index contributed by atoms with van der Waals surface area (Å²) in [6.45, 7) is 15.5. The van der Waals surface area contributed by atoms with Gasteiger partial charge in [0.2, 0.25) is 10.0 Å². The van der Waals surface area contributed by atoms with E-state index in [2.05, 4.69) is 30.8 Å². The monoisotopic (exact) mass is 994 g/mol. The van der Waals surface area contributed by atoms with Crippen LogP contribution in [0, 0.1) is 49.0 Å². The normalized spacial score (nSPS) is 17.0. The van der Waals surface area contributed by atoms with Gasteiger partial charge < -0.3 is 0 Å². The molecule has 10 nitrogen and oxygen atoms in total. The molecule has 3 heterocycles. The number of hydrogen-bond acceptors (Lipinski definition) is 6. The van der Waals surface area contributed by atoms with Crippen molar-refractivity contribution in [1.82, 2.24) is 24.3 Å². The molecule has 344 valence electrons. The lowest BCUT2D eigenvalue weighted by Crippen LogP contribution is -2.39. The molecule has 0 amide bonds. The molecule has 3 aliphatic rings. The Bertz CT molecular complexity index is 3030. The van der Waals surface area contributed by atoms with Gasteiger partial charge in [0.05, 0.1) is 62.4 Å². The van der Waals surface area contributed by atoms with Crippen LogP contribution in [0.4, 0.5) is 23.2 Å².